The van der Waals surface area contributed by atoms with E-state index < -0.39 is 0 Å². The van der Waals surface area contributed by atoms with E-state index in [2.05, 4.69) is 17.0 Å². The lowest BCUT2D eigenvalue weighted by atomic mass is 10.2. The number of ether oxygens (including phenoxy) is 1. The summed E-state index contributed by atoms with van der Waals surface area (Å²) in [6, 6.07) is 9.09. The molecule has 1 aromatic heterocycles. The fourth-order valence-electron chi connectivity index (χ4n) is 3.32. The van der Waals surface area contributed by atoms with Crippen molar-refractivity contribution >= 4 is 34.6 Å². The molecule has 1 amide bonds. The fourth-order valence-corrected chi connectivity index (χ4v) is 4.49. The summed E-state index contributed by atoms with van der Waals surface area (Å²) >= 11 is 7.03. The number of carbonyl (C=O) groups is 1. The van der Waals surface area contributed by atoms with Gasteiger partial charge in [0, 0.05) is 25.0 Å². The third-order valence-corrected chi connectivity index (χ3v) is 6.52. The SMILES string of the molecule is CCC(=O)N(c1nn(CN(Cc2ccc(OC)cc2)C2CC2)c(=S)s1)C1CC1. The molecule has 8 heteroatoms. The first kappa shape index (κ1) is 19.5. The van der Waals surface area contributed by atoms with Crippen LogP contribution in [0, 0.1) is 3.95 Å². The number of carbonyl (C=O) groups excluding carboxylic acids is 1. The number of nitrogens with zero attached hydrogens (tertiary/aromatic N) is 4. The molecular weight excluding hydrogens is 392 g/mol. The van der Waals surface area contributed by atoms with Crippen molar-refractivity contribution in [3.63, 3.8) is 0 Å². The van der Waals surface area contributed by atoms with Gasteiger partial charge in [-0.15, -0.1) is 5.10 Å². The van der Waals surface area contributed by atoms with Crippen LogP contribution in [0.4, 0.5) is 5.13 Å². The molecular formula is C20H26N4O2S2. The van der Waals surface area contributed by atoms with Crippen molar-refractivity contribution in [2.24, 2.45) is 0 Å². The molecule has 0 atom stereocenters. The summed E-state index contributed by atoms with van der Waals surface area (Å²) in [5, 5.41) is 5.48. The Morgan fingerprint density at radius 1 is 1.25 bits per heavy atom. The third kappa shape index (κ3) is 4.45. The van der Waals surface area contributed by atoms with Crippen molar-refractivity contribution in [2.75, 3.05) is 12.0 Å². The summed E-state index contributed by atoms with van der Waals surface area (Å²) in [4.78, 5) is 16.7. The van der Waals surface area contributed by atoms with E-state index in [0.29, 0.717) is 25.2 Å². The topological polar surface area (TPSA) is 50.6 Å². The second-order valence-electron chi connectivity index (χ2n) is 7.47. The molecule has 2 aliphatic carbocycles. The van der Waals surface area contributed by atoms with E-state index in [0.717, 1.165) is 34.2 Å². The molecule has 1 aromatic carbocycles. The van der Waals surface area contributed by atoms with Crippen LogP contribution in [-0.2, 0) is 18.0 Å². The average molecular weight is 419 g/mol. The molecule has 0 saturated heterocycles. The van der Waals surface area contributed by atoms with Crippen LogP contribution in [0.15, 0.2) is 24.3 Å². The molecule has 2 aromatic rings. The molecule has 2 fully saturated rings. The van der Waals surface area contributed by atoms with Gasteiger partial charge >= 0.3 is 0 Å². The molecule has 0 N–H and O–H groups in total. The van der Waals surface area contributed by atoms with Crippen LogP contribution in [0.3, 0.4) is 0 Å². The molecule has 0 aliphatic heterocycles. The molecule has 6 nitrogen and oxygen atoms in total. The van der Waals surface area contributed by atoms with Gasteiger partial charge in [0.05, 0.1) is 13.8 Å². The van der Waals surface area contributed by atoms with E-state index in [-0.39, 0.29) is 5.91 Å². The Labute approximate surface area is 174 Å². The Morgan fingerprint density at radius 2 is 1.93 bits per heavy atom. The first-order valence-electron chi connectivity index (χ1n) is 9.86. The summed E-state index contributed by atoms with van der Waals surface area (Å²) in [6.45, 7) is 3.41. The van der Waals surface area contributed by atoms with Crippen LogP contribution in [-0.4, -0.2) is 39.8 Å². The number of aromatic nitrogens is 2. The maximum atomic E-state index is 12.4. The fraction of sp³-hybridized carbons (Fsp3) is 0.550. The minimum absolute atomic E-state index is 0.135. The van der Waals surface area contributed by atoms with Gasteiger partial charge in [-0.25, -0.2) is 4.68 Å². The molecule has 2 saturated carbocycles. The zero-order valence-electron chi connectivity index (χ0n) is 16.3. The maximum absolute atomic E-state index is 12.4. The minimum Gasteiger partial charge on any atom is -0.497 e. The minimum atomic E-state index is 0.135. The van der Waals surface area contributed by atoms with Gasteiger partial charge in [-0.3, -0.25) is 14.6 Å². The van der Waals surface area contributed by atoms with E-state index in [1.54, 1.807) is 7.11 Å². The van der Waals surface area contributed by atoms with Gasteiger partial charge in [-0.2, -0.15) is 0 Å². The van der Waals surface area contributed by atoms with Gasteiger partial charge in [-0.05, 0) is 55.6 Å². The summed E-state index contributed by atoms with van der Waals surface area (Å²) in [7, 11) is 1.68. The Bertz CT molecular complexity index is 884. The Morgan fingerprint density at radius 3 is 2.50 bits per heavy atom. The molecule has 1 heterocycles. The first-order valence-corrected chi connectivity index (χ1v) is 11.1. The third-order valence-electron chi connectivity index (χ3n) is 5.21. The molecule has 2 aliphatic rings. The molecule has 0 bridgehead atoms. The quantitative estimate of drug-likeness (QED) is 0.571. The number of hydrogen-bond acceptors (Lipinski definition) is 6. The summed E-state index contributed by atoms with van der Waals surface area (Å²) in [6.07, 6.45) is 5.04. The highest BCUT2D eigenvalue weighted by molar-refractivity contribution is 7.73. The number of hydrogen-bond donors (Lipinski definition) is 0. The van der Waals surface area contributed by atoms with Crippen molar-refractivity contribution in [1.29, 1.82) is 0 Å². The molecule has 0 radical (unpaired) electrons. The first-order chi connectivity index (χ1) is 13.6. The van der Waals surface area contributed by atoms with E-state index >= 15 is 0 Å². The van der Waals surface area contributed by atoms with Crippen molar-refractivity contribution in [3.05, 3.63) is 33.8 Å². The van der Waals surface area contributed by atoms with Gasteiger partial charge in [-0.1, -0.05) is 30.4 Å². The number of amides is 1. The average Bonchev–Trinajstić information content (AvgIpc) is 3.61. The number of rotatable bonds is 9. The van der Waals surface area contributed by atoms with E-state index in [4.69, 9.17) is 22.1 Å². The van der Waals surface area contributed by atoms with E-state index in [1.807, 2.05) is 28.6 Å². The largest absolute Gasteiger partial charge is 0.497 e. The summed E-state index contributed by atoms with van der Waals surface area (Å²) in [5.41, 5.74) is 1.25. The molecule has 0 unspecified atom stereocenters. The number of methoxy groups -OCH3 is 1. The van der Waals surface area contributed by atoms with Crippen LogP contribution in [0.25, 0.3) is 0 Å². The maximum Gasteiger partial charge on any atom is 0.228 e. The number of benzene rings is 1. The summed E-state index contributed by atoms with van der Waals surface area (Å²) in [5.74, 6) is 1.00. The second-order valence-corrected chi connectivity index (χ2v) is 9.07. The van der Waals surface area contributed by atoms with Gasteiger partial charge in [0.2, 0.25) is 11.0 Å². The van der Waals surface area contributed by atoms with Gasteiger partial charge in [0.1, 0.15) is 5.75 Å². The lowest BCUT2D eigenvalue weighted by Gasteiger charge is -2.22. The van der Waals surface area contributed by atoms with Crippen molar-refractivity contribution in [2.45, 2.75) is 64.3 Å². The van der Waals surface area contributed by atoms with Crippen LogP contribution < -0.4 is 9.64 Å². The predicted molar refractivity (Wildman–Crippen MR) is 113 cm³/mol. The highest BCUT2D eigenvalue weighted by atomic mass is 32.1. The molecule has 28 heavy (non-hydrogen) atoms. The van der Waals surface area contributed by atoms with Crippen LogP contribution in [0.5, 0.6) is 5.75 Å². The van der Waals surface area contributed by atoms with Gasteiger partial charge < -0.3 is 4.74 Å². The lowest BCUT2D eigenvalue weighted by Crippen LogP contribution is -2.33. The van der Waals surface area contributed by atoms with Crippen LogP contribution in [0.1, 0.15) is 44.6 Å². The zero-order valence-corrected chi connectivity index (χ0v) is 18.0. The van der Waals surface area contributed by atoms with Crippen LogP contribution in [0.2, 0.25) is 0 Å². The zero-order chi connectivity index (χ0) is 19.7. The van der Waals surface area contributed by atoms with E-state index in [1.165, 1.54) is 29.7 Å². The Hall–Kier alpha value is -1.77. The molecule has 150 valence electrons. The standard InChI is InChI=1S/C20H26N4O2S2/c1-3-18(25)24(16-8-9-16)19-21-23(20(27)28-19)13-22(15-6-7-15)12-14-4-10-17(26-2)11-5-14/h4-5,10-11,15-16H,3,6-9,12-13H2,1-2H3. The van der Waals surface area contributed by atoms with Gasteiger partial charge in [0.25, 0.3) is 0 Å². The second kappa shape index (κ2) is 8.31. The smallest absolute Gasteiger partial charge is 0.228 e. The Balaban J connectivity index is 1.50. The molecule has 0 spiro atoms. The lowest BCUT2D eigenvalue weighted by molar-refractivity contribution is -0.118. The molecule has 4 rings (SSSR count). The van der Waals surface area contributed by atoms with E-state index in [9.17, 15) is 4.79 Å². The van der Waals surface area contributed by atoms with Crippen LogP contribution >= 0.6 is 23.6 Å². The highest BCUT2D eigenvalue weighted by Gasteiger charge is 2.35. The monoisotopic (exact) mass is 418 g/mol. The predicted octanol–water partition coefficient (Wildman–Crippen LogP) is 4.21. The van der Waals surface area contributed by atoms with Crippen molar-refractivity contribution < 1.29 is 9.53 Å². The van der Waals surface area contributed by atoms with Crippen molar-refractivity contribution in [1.82, 2.24) is 14.7 Å². The summed E-state index contributed by atoms with van der Waals surface area (Å²) < 4.78 is 7.86. The Kier molecular flexibility index (Phi) is 5.80. The number of anilines is 1. The highest BCUT2D eigenvalue weighted by Crippen LogP contribution is 2.34. The normalized spacial score (nSPS) is 16.4. The van der Waals surface area contributed by atoms with Gasteiger partial charge in [0.15, 0.2) is 3.95 Å². The van der Waals surface area contributed by atoms with Crippen molar-refractivity contribution in [3.8, 4) is 5.75 Å².